The Labute approximate surface area is 105 Å². The molecule has 18 heavy (non-hydrogen) atoms. The summed E-state index contributed by atoms with van der Waals surface area (Å²) in [6.07, 6.45) is 2.33. The van der Waals surface area contributed by atoms with Crippen LogP contribution in [0.4, 0.5) is 0 Å². The van der Waals surface area contributed by atoms with Gasteiger partial charge in [0.15, 0.2) is 0 Å². The van der Waals surface area contributed by atoms with E-state index in [9.17, 15) is 9.90 Å². The summed E-state index contributed by atoms with van der Waals surface area (Å²) >= 11 is 0. The molecule has 0 saturated carbocycles. The molecule has 1 amide bonds. The number of carbonyl (C=O) groups is 1. The van der Waals surface area contributed by atoms with E-state index in [2.05, 4.69) is 4.98 Å². The number of hydrogen-bond acceptors (Lipinski definition) is 5. The smallest absolute Gasteiger partial charge is 0.258 e. The summed E-state index contributed by atoms with van der Waals surface area (Å²) < 4.78 is 5.37. The molecule has 2 unspecified atom stereocenters. The number of nitrogens with zero attached hydrogens (tertiary/aromatic N) is 2. The van der Waals surface area contributed by atoms with Crippen molar-refractivity contribution in [3.8, 4) is 5.75 Å². The van der Waals surface area contributed by atoms with E-state index in [1.54, 1.807) is 4.90 Å². The van der Waals surface area contributed by atoms with E-state index < -0.39 is 0 Å². The molecule has 0 radical (unpaired) electrons. The molecular formula is C12H16N2O4. The standard InChI is InChI=1S/C12H16N2O4/c1-8-7-18-9(6-15)5-14(8)12(17)10-2-3-13-4-11(10)16/h2-4,8-9,15-16H,5-7H2,1H3. The SMILES string of the molecule is CC1COC(CO)CN1C(=O)c1ccncc1O. The number of morpholine rings is 1. The number of pyridine rings is 1. The van der Waals surface area contributed by atoms with Gasteiger partial charge in [0, 0.05) is 12.7 Å². The predicted octanol–water partition coefficient (Wildman–Crippen LogP) is 0.00900. The average Bonchev–Trinajstić information content (AvgIpc) is 2.39. The minimum atomic E-state index is -0.367. The van der Waals surface area contributed by atoms with Crippen LogP contribution in [-0.4, -0.2) is 57.9 Å². The van der Waals surface area contributed by atoms with Gasteiger partial charge in [-0.05, 0) is 13.0 Å². The first-order chi connectivity index (χ1) is 8.63. The minimum absolute atomic E-state index is 0.0899. The van der Waals surface area contributed by atoms with Crippen molar-refractivity contribution in [3.63, 3.8) is 0 Å². The van der Waals surface area contributed by atoms with Crippen LogP contribution >= 0.6 is 0 Å². The molecule has 1 aliphatic heterocycles. The Balaban J connectivity index is 2.19. The van der Waals surface area contributed by atoms with E-state index in [0.717, 1.165) is 0 Å². The highest BCUT2D eigenvalue weighted by Gasteiger charge is 2.30. The molecule has 1 aromatic heterocycles. The van der Waals surface area contributed by atoms with Crippen molar-refractivity contribution in [1.29, 1.82) is 0 Å². The zero-order valence-corrected chi connectivity index (χ0v) is 10.1. The van der Waals surface area contributed by atoms with Crippen molar-refractivity contribution in [2.45, 2.75) is 19.1 Å². The lowest BCUT2D eigenvalue weighted by Crippen LogP contribution is -2.52. The maximum atomic E-state index is 12.3. The summed E-state index contributed by atoms with van der Waals surface area (Å²) in [6.45, 7) is 2.43. The lowest BCUT2D eigenvalue weighted by atomic mass is 10.1. The fourth-order valence-electron chi connectivity index (χ4n) is 1.93. The Bertz CT molecular complexity index is 438. The van der Waals surface area contributed by atoms with E-state index in [0.29, 0.717) is 13.2 Å². The van der Waals surface area contributed by atoms with Gasteiger partial charge >= 0.3 is 0 Å². The van der Waals surface area contributed by atoms with E-state index in [4.69, 9.17) is 9.84 Å². The summed E-state index contributed by atoms with van der Waals surface area (Å²) in [4.78, 5) is 17.6. The molecule has 0 spiro atoms. The number of aromatic nitrogens is 1. The Kier molecular flexibility index (Phi) is 3.78. The summed E-state index contributed by atoms with van der Waals surface area (Å²) in [7, 11) is 0. The van der Waals surface area contributed by atoms with Crippen molar-refractivity contribution in [1.82, 2.24) is 9.88 Å². The zero-order valence-electron chi connectivity index (χ0n) is 10.1. The first-order valence-electron chi connectivity index (χ1n) is 5.80. The number of hydrogen-bond donors (Lipinski definition) is 2. The lowest BCUT2D eigenvalue weighted by molar-refractivity contribution is -0.0667. The highest BCUT2D eigenvalue weighted by atomic mass is 16.5. The topological polar surface area (TPSA) is 82.9 Å². The molecule has 2 atom stereocenters. The molecule has 2 N–H and O–H groups in total. The van der Waals surface area contributed by atoms with Gasteiger partial charge in [0.2, 0.25) is 0 Å². The summed E-state index contributed by atoms with van der Waals surface area (Å²) in [6, 6.07) is 1.39. The monoisotopic (exact) mass is 252 g/mol. The fraction of sp³-hybridized carbons (Fsp3) is 0.500. The van der Waals surface area contributed by atoms with Gasteiger partial charge in [0.05, 0.1) is 37.1 Å². The third kappa shape index (κ3) is 2.44. The van der Waals surface area contributed by atoms with Gasteiger partial charge in [0.1, 0.15) is 5.75 Å². The maximum Gasteiger partial charge on any atom is 0.258 e. The normalized spacial score (nSPS) is 24.0. The van der Waals surface area contributed by atoms with E-state index >= 15 is 0 Å². The van der Waals surface area contributed by atoms with Crippen molar-refractivity contribution in [3.05, 3.63) is 24.0 Å². The summed E-state index contributed by atoms with van der Waals surface area (Å²) in [5.41, 5.74) is 0.218. The molecule has 98 valence electrons. The molecule has 6 nitrogen and oxygen atoms in total. The highest BCUT2D eigenvalue weighted by molar-refractivity contribution is 5.96. The van der Waals surface area contributed by atoms with Crippen LogP contribution < -0.4 is 0 Å². The molecule has 0 aliphatic carbocycles. The van der Waals surface area contributed by atoms with Crippen LogP contribution in [0.1, 0.15) is 17.3 Å². The van der Waals surface area contributed by atoms with Gasteiger partial charge < -0.3 is 19.8 Å². The molecule has 2 heterocycles. The average molecular weight is 252 g/mol. The maximum absolute atomic E-state index is 12.3. The van der Waals surface area contributed by atoms with Crippen LogP contribution in [0, 0.1) is 0 Å². The second-order valence-electron chi connectivity index (χ2n) is 4.34. The number of ether oxygens (including phenoxy) is 1. The molecule has 6 heteroatoms. The Morgan fingerprint density at radius 3 is 3.11 bits per heavy atom. The van der Waals surface area contributed by atoms with E-state index in [1.165, 1.54) is 18.5 Å². The Hall–Kier alpha value is -1.66. The second kappa shape index (κ2) is 5.32. The predicted molar refractivity (Wildman–Crippen MR) is 63.2 cm³/mol. The van der Waals surface area contributed by atoms with Gasteiger partial charge in [-0.3, -0.25) is 9.78 Å². The van der Waals surface area contributed by atoms with Crippen LogP contribution in [0.25, 0.3) is 0 Å². The van der Waals surface area contributed by atoms with E-state index in [-0.39, 0.29) is 36.0 Å². The quantitative estimate of drug-likeness (QED) is 0.774. The van der Waals surface area contributed by atoms with Crippen LogP contribution in [0.2, 0.25) is 0 Å². The molecule has 1 fully saturated rings. The van der Waals surface area contributed by atoms with Gasteiger partial charge in [-0.25, -0.2) is 0 Å². The largest absolute Gasteiger partial charge is 0.505 e. The first-order valence-corrected chi connectivity index (χ1v) is 5.80. The zero-order chi connectivity index (χ0) is 13.1. The first kappa shape index (κ1) is 12.8. The van der Waals surface area contributed by atoms with Gasteiger partial charge in [-0.1, -0.05) is 0 Å². The van der Waals surface area contributed by atoms with Crippen LogP contribution in [-0.2, 0) is 4.74 Å². The summed E-state index contributed by atoms with van der Waals surface area (Å²) in [5.74, 6) is -0.411. The number of carbonyl (C=O) groups excluding carboxylic acids is 1. The number of aliphatic hydroxyl groups excluding tert-OH is 1. The number of amides is 1. The van der Waals surface area contributed by atoms with Crippen LogP contribution in [0.15, 0.2) is 18.5 Å². The number of aromatic hydroxyl groups is 1. The van der Waals surface area contributed by atoms with Crippen molar-refractivity contribution in [2.75, 3.05) is 19.8 Å². The number of aliphatic hydroxyl groups is 1. The fourth-order valence-corrected chi connectivity index (χ4v) is 1.93. The Morgan fingerprint density at radius 1 is 1.67 bits per heavy atom. The number of rotatable bonds is 2. The van der Waals surface area contributed by atoms with Crippen molar-refractivity contribution < 1.29 is 19.7 Å². The second-order valence-corrected chi connectivity index (χ2v) is 4.34. The van der Waals surface area contributed by atoms with Crippen LogP contribution in [0.5, 0.6) is 5.75 Å². The van der Waals surface area contributed by atoms with Gasteiger partial charge in [-0.2, -0.15) is 0 Å². The molecule has 0 aromatic carbocycles. The molecule has 2 rings (SSSR count). The summed E-state index contributed by atoms with van der Waals surface area (Å²) in [5, 5.41) is 18.7. The molecule has 1 aromatic rings. The molecule has 0 bridgehead atoms. The van der Waals surface area contributed by atoms with Crippen molar-refractivity contribution >= 4 is 5.91 Å². The van der Waals surface area contributed by atoms with E-state index in [1.807, 2.05) is 6.92 Å². The van der Waals surface area contributed by atoms with Gasteiger partial charge in [-0.15, -0.1) is 0 Å². The van der Waals surface area contributed by atoms with Crippen LogP contribution in [0.3, 0.4) is 0 Å². The third-order valence-corrected chi connectivity index (χ3v) is 3.00. The molecule has 1 saturated heterocycles. The van der Waals surface area contributed by atoms with Gasteiger partial charge in [0.25, 0.3) is 5.91 Å². The minimum Gasteiger partial charge on any atom is -0.505 e. The molecular weight excluding hydrogens is 236 g/mol. The molecule has 1 aliphatic rings. The van der Waals surface area contributed by atoms with Crippen molar-refractivity contribution in [2.24, 2.45) is 0 Å². The Morgan fingerprint density at radius 2 is 2.44 bits per heavy atom. The third-order valence-electron chi connectivity index (χ3n) is 3.00. The highest BCUT2D eigenvalue weighted by Crippen LogP contribution is 2.20. The lowest BCUT2D eigenvalue weighted by Gasteiger charge is -2.37.